The molecule has 4 N–H and O–H groups in total. The van der Waals surface area contributed by atoms with E-state index in [1.807, 2.05) is 45.0 Å². The summed E-state index contributed by atoms with van der Waals surface area (Å²) >= 11 is 0. The van der Waals surface area contributed by atoms with E-state index >= 15 is 0 Å². The molecule has 0 unspecified atom stereocenters. The van der Waals surface area contributed by atoms with Crippen molar-refractivity contribution in [1.29, 1.82) is 0 Å². The molecule has 22 heavy (non-hydrogen) atoms. The Morgan fingerprint density at radius 3 is 1.55 bits per heavy atom. The predicted molar refractivity (Wildman–Crippen MR) is 84.4 cm³/mol. The van der Waals surface area contributed by atoms with Crippen molar-refractivity contribution in [2.75, 3.05) is 0 Å². The third-order valence-corrected chi connectivity index (χ3v) is 4.01. The summed E-state index contributed by atoms with van der Waals surface area (Å²) in [6.07, 6.45) is 0. The molecule has 3 aromatic rings. The lowest BCUT2D eigenvalue weighted by Crippen LogP contribution is -2.20. The minimum atomic E-state index is -0.411. The number of H-pyrrole nitrogens is 4. The highest BCUT2D eigenvalue weighted by atomic mass is 16.1. The van der Waals surface area contributed by atoms with Gasteiger partial charge in [-0.15, -0.1) is 0 Å². The third-order valence-electron chi connectivity index (χ3n) is 4.01. The number of benzene rings is 1. The second-order valence-electron chi connectivity index (χ2n) is 5.58. The van der Waals surface area contributed by atoms with E-state index in [1.54, 1.807) is 0 Å². The molecule has 0 aliphatic heterocycles. The van der Waals surface area contributed by atoms with Gasteiger partial charge in [0, 0.05) is 17.3 Å². The Morgan fingerprint density at radius 2 is 1.18 bits per heavy atom. The second kappa shape index (κ2) is 5.22. The van der Waals surface area contributed by atoms with Crippen LogP contribution in [0.3, 0.4) is 0 Å². The molecule has 0 atom stereocenters. The summed E-state index contributed by atoms with van der Waals surface area (Å²) in [4.78, 5) is 24.5. The van der Waals surface area contributed by atoms with Gasteiger partial charge in [-0.2, -0.15) is 0 Å². The molecule has 0 radical (unpaired) electrons. The molecule has 0 amide bonds. The lowest BCUT2D eigenvalue weighted by molar-refractivity contribution is 0.930. The van der Waals surface area contributed by atoms with Crippen molar-refractivity contribution in [3.63, 3.8) is 0 Å². The summed E-state index contributed by atoms with van der Waals surface area (Å²) in [6.45, 7) is 5.65. The van der Waals surface area contributed by atoms with Crippen LogP contribution in [0.25, 0.3) is 0 Å². The van der Waals surface area contributed by atoms with Crippen molar-refractivity contribution in [2.45, 2.75) is 26.7 Å². The van der Waals surface area contributed by atoms with Crippen LogP contribution < -0.4 is 11.1 Å². The third kappa shape index (κ3) is 2.22. The predicted octanol–water partition coefficient (Wildman–Crippen LogP) is 1.82. The van der Waals surface area contributed by atoms with Gasteiger partial charge in [-0.1, -0.05) is 29.8 Å². The van der Waals surface area contributed by atoms with Gasteiger partial charge in [0.05, 0.1) is 11.1 Å². The average molecular weight is 298 g/mol. The molecule has 0 fully saturated rings. The number of aromatic nitrogens is 4. The number of hydrogen-bond acceptors (Lipinski definition) is 2. The van der Waals surface area contributed by atoms with Crippen molar-refractivity contribution in [1.82, 2.24) is 20.4 Å². The molecule has 114 valence electrons. The van der Waals surface area contributed by atoms with Gasteiger partial charge in [0.25, 0.3) is 11.1 Å². The van der Waals surface area contributed by atoms with E-state index in [-0.39, 0.29) is 11.1 Å². The summed E-state index contributed by atoms with van der Waals surface area (Å²) in [5.74, 6) is -0.411. The van der Waals surface area contributed by atoms with E-state index in [2.05, 4.69) is 20.4 Å². The number of rotatable bonds is 3. The number of hydrogen-bond donors (Lipinski definition) is 4. The van der Waals surface area contributed by atoms with Crippen LogP contribution in [-0.4, -0.2) is 20.4 Å². The monoisotopic (exact) mass is 298 g/mol. The van der Waals surface area contributed by atoms with Crippen LogP contribution in [0.15, 0.2) is 33.9 Å². The second-order valence-corrected chi connectivity index (χ2v) is 5.58. The van der Waals surface area contributed by atoms with Crippen LogP contribution in [-0.2, 0) is 0 Å². The fraction of sp³-hybridized carbons (Fsp3) is 0.250. The fourth-order valence-electron chi connectivity index (χ4n) is 2.84. The Bertz CT molecular complexity index is 855. The largest absolute Gasteiger partial charge is 0.302 e. The van der Waals surface area contributed by atoms with Crippen molar-refractivity contribution in [3.8, 4) is 0 Å². The lowest BCUT2D eigenvalue weighted by atomic mass is 9.85. The molecule has 2 aromatic heterocycles. The topological polar surface area (TPSA) is 97.3 Å². The lowest BCUT2D eigenvalue weighted by Gasteiger charge is -2.16. The van der Waals surface area contributed by atoms with Gasteiger partial charge in [-0.05, 0) is 26.3 Å². The summed E-state index contributed by atoms with van der Waals surface area (Å²) in [7, 11) is 0. The highest BCUT2D eigenvalue weighted by Gasteiger charge is 2.27. The smallest absolute Gasteiger partial charge is 0.268 e. The number of aryl methyl sites for hydroxylation is 3. The molecule has 0 spiro atoms. The first-order chi connectivity index (χ1) is 10.5. The van der Waals surface area contributed by atoms with Crippen molar-refractivity contribution >= 4 is 0 Å². The van der Waals surface area contributed by atoms with Crippen LogP contribution >= 0.6 is 0 Å². The van der Waals surface area contributed by atoms with Gasteiger partial charge in [-0.25, -0.2) is 0 Å². The Kier molecular flexibility index (Phi) is 3.36. The van der Waals surface area contributed by atoms with Gasteiger partial charge >= 0.3 is 0 Å². The molecule has 0 saturated heterocycles. The van der Waals surface area contributed by atoms with E-state index in [9.17, 15) is 9.59 Å². The molecule has 6 heteroatoms. The van der Waals surface area contributed by atoms with Gasteiger partial charge < -0.3 is 10.2 Å². The molecule has 0 aliphatic rings. The van der Waals surface area contributed by atoms with Gasteiger partial charge in [-0.3, -0.25) is 19.8 Å². The van der Waals surface area contributed by atoms with Crippen LogP contribution in [0.4, 0.5) is 0 Å². The number of aromatic amines is 4. The normalized spacial score (nSPS) is 11.3. The van der Waals surface area contributed by atoms with E-state index in [0.717, 1.165) is 22.5 Å². The highest BCUT2D eigenvalue weighted by molar-refractivity contribution is 5.44. The van der Waals surface area contributed by atoms with E-state index in [1.165, 1.54) is 0 Å². The maximum Gasteiger partial charge on any atom is 0.268 e. The van der Waals surface area contributed by atoms with Crippen LogP contribution in [0.5, 0.6) is 0 Å². The summed E-state index contributed by atoms with van der Waals surface area (Å²) < 4.78 is 0. The van der Waals surface area contributed by atoms with Crippen LogP contribution in [0.1, 0.15) is 39.6 Å². The minimum Gasteiger partial charge on any atom is -0.302 e. The molecular weight excluding hydrogens is 280 g/mol. The molecule has 1 aromatic carbocycles. The quantitative estimate of drug-likeness (QED) is 0.593. The molecule has 0 bridgehead atoms. The van der Waals surface area contributed by atoms with Crippen LogP contribution in [0.2, 0.25) is 0 Å². The zero-order chi connectivity index (χ0) is 15.9. The average Bonchev–Trinajstić information content (AvgIpc) is 2.99. The van der Waals surface area contributed by atoms with Gasteiger partial charge in [0.2, 0.25) is 0 Å². The SMILES string of the molecule is Cc1ccc(C(c2c(C)[nH][nH]c2=O)c2c(C)[nH][nH]c2=O)cc1. The summed E-state index contributed by atoms with van der Waals surface area (Å²) in [5.41, 5.74) is 4.22. The van der Waals surface area contributed by atoms with Crippen molar-refractivity contribution < 1.29 is 0 Å². The first-order valence-corrected chi connectivity index (χ1v) is 7.10. The molecule has 0 aliphatic carbocycles. The molecule has 6 nitrogen and oxygen atoms in total. The van der Waals surface area contributed by atoms with E-state index in [0.29, 0.717) is 11.1 Å². The van der Waals surface area contributed by atoms with Gasteiger partial charge in [0.15, 0.2) is 0 Å². The van der Waals surface area contributed by atoms with Crippen molar-refractivity contribution in [3.05, 3.63) is 78.6 Å². The molecule has 3 rings (SSSR count). The molecular formula is C16H18N4O2. The van der Waals surface area contributed by atoms with Crippen molar-refractivity contribution in [2.24, 2.45) is 0 Å². The standard InChI is InChI=1S/C16H18N4O2/c1-8-4-6-11(7-5-8)14(12-9(2)17-19-15(12)21)13-10(3)18-20-16(13)22/h4-7,14H,1-3H3,(H2,17,19,21)(H2,18,20,22). The minimum absolute atomic E-state index is 0.205. The first-order valence-electron chi connectivity index (χ1n) is 7.10. The van der Waals surface area contributed by atoms with E-state index < -0.39 is 5.92 Å². The maximum atomic E-state index is 12.2. The zero-order valence-corrected chi connectivity index (χ0v) is 12.7. The summed E-state index contributed by atoms with van der Waals surface area (Å²) in [6, 6.07) is 7.87. The fourth-order valence-corrected chi connectivity index (χ4v) is 2.84. The first kappa shape index (κ1) is 14.2. The Labute approximate surface area is 126 Å². The number of nitrogens with one attached hydrogen (secondary N) is 4. The van der Waals surface area contributed by atoms with Crippen LogP contribution in [0, 0.1) is 20.8 Å². The maximum absolute atomic E-state index is 12.2. The molecule has 0 saturated carbocycles. The Morgan fingerprint density at radius 1 is 0.727 bits per heavy atom. The summed E-state index contributed by atoms with van der Waals surface area (Å²) in [5, 5.41) is 10.9. The zero-order valence-electron chi connectivity index (χ0n) is 12.7. The van der Waals surface area contributed by atoms with E-state index in [4.69, 9.17) is 0 Å². The Balaban J connectivity index is 2.30. The molecule has 2 heterocycles. The Hall–Kier alpha value is -2.76. The van der Waals surface area contributed by atoms with Gasteiger partial charge in [0.1, 0.15) is 0 Å². The highest BCUT2D eigenvalue weighted by Crippen LogP contribution is 2.30.